The van der Waals surface area contributed by atoms with Gasteiger partial charge in [-0.05, 0) is 94.4 Å². The van der Waals surface area contributed by atoms with Crippen LogP contribution in [0, 0.1) is 41.5 Å². The van der Waals surface area contributed by atoms with Gasteiger partial charge in [-0.2, -0.15) is 0 Å². The first-order chi connectivity index (χ1) is 26.4. The highest BCUT2D eigenvalue weighted by molar-refractivity contribution is 14.1. The molecule has 5 aromatic rings. The van der Waals surface area contributed by atoms with Crippen molar-refractivity contribution in [1.82, 2.24) is 0 Å². The molecule has 288 valence electrons. The second-order valence-corrected chi connectivity index (χ2v) is 16.5. The number of nitro benzene ring substituents is 2. The second-order valence-electron chi connectivity index (χ2n) is 11.5. The Morgan fingerprint density at radius 3 is 1.50 bits per heavy atom. The van der Waals surface area contributed by atoms with E-state index in [9.17, 15) is 51.0 Å². The predicted octanol–water partition coefficient (Wildman–Crippen LogP) is 6.85. The molecule has 0 N–H and O–H groups in total. The monoisotopic (exact) mass is 914 g/mol. The number of halogens is 2. The summed E-state index contributed by atoms with van der Waals surface area (Å²) in [5.74, 6) is 3.14. The van der Waals surface area contributed by atoms with E-state index >= 15 is 0 Å². The molecule has 0 spiro atoms. The molecule has 0 aliphatic rings. The lowest BCUT2D eigenvalue weighted by Gasteiger charge is -2.09. The Morgan fingerprint density at radius 2 is 1.07 bits per heavy atom. The molecule has 0 aliphatic heterocycles. The van der Waals surface area contributed by atoms with Gasteiger partial charge in [0.25, 0.3) is 11.4 Å². The van der Waals surface area contributed by atoms with Crippen LogP contribution in [0.4, 0.5) is 15.8 Å². The van der Waals surface area contributed by atoms with Gasteiger partial charge in [-0.15, -0.1) is 0 Å². The van der Waals surface area contributed by atoms with Crippen molar-refractivity contribution < 1.29 is 50.1 Å². The fourth-order valence-electron chi connectivity index (χ4n) is 4.84. The normalized spacial score (nSPS) is 10.9. The Kier molecular flexibility index (Phi) is 14.1. The summed E-state index contributed by atoms with van der Waals surface area (Å²) in [5.41, 5.74) is 1.43. The number of carbonyl (C=O) groups excluding carboxylic acids is 2. The lowest BCUT2D eigenvalue weighted by atomic mass is 10.1. The van der Waals surface area contributed by atoms with Gasteiger partial charge in [-0.25, -0.2) is 30.8 Å². The Morgan fingerprint density at radius 1 is 0.643 bits per heavy atom. The van der Waals surface area contributed by atoms with E-state index in [0.717, 1.165) is 0 Å². The van der Waals surface area contributed by atoms with Gasteiger partial charge in [0, 0.05) is 39.0 Å². The zero-order chi connectivity index (χ0) is 41.2. The van der Waals surface area contributed by atoms with E-state index in [0.29, 0.717) is 20.3 Å². The largest absolute Gasteiger partial charge is 0.465 e. The molecule has 0 heterocycles. The number of non-ortho nitro benzene ring substituents is 2. The third kappa shape index (κ3) is 11.2. The maximum atomic E-state index is 13.1. The number of methoxy groups -OCH3 is 2. The number of rotatable bonds is 10. The molecular formula is C38H28FIN2O12S2. The van der Waals surface area contributed by atoms with E-state index in [1.807, 2.05) is 22.6 Å². The van der Waals surface area contributed by atoms with Gasteiger partial charge in [0.15, 0.2) is 19.7 Å². The molecule has 0 amide bonds. The van der Waals surface area contributed by atoms with Crippen LogP contribution in [-0.2, 0) is 40.7 Å². The molecule has 0 bridgehead atoms. The molecule has 0 fully saturated rings. The van der Waals surface area contributed by atoms with Crippen LogP contribution in [0.5, 0.6) is 0 Å². The van der Waals surface area contributed by atoms with Crippen LogP contribution in [0.25, 0.3) is 0 Å². The van der Waals surface area contributed by atoms with E-state index in [2.05, 4.69) is 21.3 Å². The molecule has 0 atom stereocenters. The molecule has 56 heavy (non-hydrogen) atoms. The van der Waals surface area contributed by atoms with Crippen LogP contribution < -0.4 is 0 Å². The van der Waals surface area contributed by atoms with Crippen molar-refractivity contribution in [2.75, 3.05) is 14.2 Å². The molecule has 0 radical (unpaired) electrons. The zero-order valence-corrected chi connectivity index (χ0v) is 33.0. The average molecular weight is 915 g/mol. The minimum Gasteiger partial charge on any atom is -0.465 e. The van der Waals surface area contributed by atoms with Crippen LogP contribution in [-0.4, -0.2) is 52.8 Å². The Labute approximate surface area is 333 Å². The summed E-state index contributed by atoms with van der Waals surface area (Å²) in [5, 5.41) is 21.4. The molecule has 14 nitrogen and oxygen atoms in total. The van der Waals surface area contributed by atoms with E-state index in [4.69, 9.17) is 0 Å². The smallest absolute Gasteiger partial charge is 0.337 e. The fraction of sp³-hybridized carbons (Fsp3) is 0.105. The molecule has 0 unspecified atom stereocenters. The summed E-state index contributed by atoms with van der Waals surface area (Å²) in [6.07, 6.45) is 0. The molecule has 0 saturated carbocycles. The number of esters is 2. The topological polar surface area (TPSA) is 207 Å². The summed E-state index contributed by atoms with van der Waals surface area (Å²) >= 11 is 1.84. The van der Waals surface area contributed by atoms with Gasteiger partial charge in [0.05, 0.1) is 56.5 Å². The Hall–Kier alpha value is -6.04. The van der Waals surface area contributed by atoms with Gasteiger partial charge in [0.1, 0.15) is 5.82 Å². The zero-order valence-electron chi connectivity index (χ0n) is 29.2. The lowest BCUT2D eigenvalue weighted by molar-refractivity contribution is -0.385. The van der Waals surface area contributed by atoms with Crippen molar-refractivity contribution in [1.29, 1.82) is 0 Å². The standard InChI is InChI=1S/C23H16FNO6S.C15H12INO6S/c1-31-23(26)19-8-13-22(18(14-19)7-2-16-3-9-20(24)10-4-16)32(29,30)15-17-5-11-21(12-6-17)25(27)28;1-23-15(18)11-4-7-14(13(16)8-11)24(21,22)9-10-2-5-12(6-3-10)17(19)20/h3-6,8-14H,15H2,1H3;2-8H,9H2,1H3. The van der Waals surface area contributed by atoms with E-state index in [-0.39, 0.29) is 43.6 Å². The van der Waals surface area contributed by atoms with Crippen LogP contribution in [0.2, 0.25) is 0 Å². The van der Waals surface area contributed by atoms with Crippen LogP contribution >= 0.6 is 22.6 Å². The minimum absolute atomic E-state index is 0.0686. The summed E-state index contributed by atoms with van der Waals surface area (Å²) in [7, 11) is -5.13. The third-order valence-corrected chi connectivity index (χ3v) is 12.4. The number of ether oxygens (including phenoxy) is 2. The van der Waals surface area contributed by atoms with E-state index in [1.54, 1.807) is 0 Å². The van der Waals surface area contributed by atoms with Crippen molar-refractivity contribution >= 4 is 65.6 Å². The Bertz CT molecular complexity index is 2590. The first-order valence-corrected chi connectivity index (χ1v) is 20.1. The van der Waals surface area contributed by atoms with E-state index < -0.39 is 53.0 Å². The first-order valence-electron chi connectivity index (χ1n) is 15.7. The summed E-state index contributed by atoms with van der Waals surface area (Å²) in [4.78, 5) is 43.6. The van der Waals surface area contributed by atoms with Crippen molar-refractivity contribution in [2.45, 2.75) is 21.3 Å². The molecule has 0 saturated heterocycles. The van der Waals surface area contributed by atoms with Gasteiger partial charge in [-0.1, -0.05) is 36.1 Å². The summed E-state index contributed by atoms with van der Waals surface area (Å²) in [6.45, 7) is 0. The molecule has 5 aromatic carbocycles. The predicted molar refractivity (Wildman–Crippen MR) is 209 cm³/mol. The summed E-state index contributed by atoms with van der Waals surface area (Å²) in [6, 6.07) is 23.9. The SMILES string of the molecule is COC(=O)c1ccc(S(=O)(=O)Cc2ccc([N+](=O)[O-])cc2)c(C#Cc2ccc(F)cc2)c1.COC(=O)c1ccc(S(=O)(=O)Cc2ccc([N+](=O)[O-])cc2)c(I)c1. The highest BCUT2D eigenvalue weighted by Gasteiger charge is 2.22. The number of sulfone groups is 2. The van der Waals surface area contributed by atoms with Gasteiger partial charge >= 0.3 is 11.9 Å². The van der Waals surface area contributed by atoms with Gasteiger partial charge in [-0.3, -0.25) is 20.2 Å². The number of nitrogens with zero attached hydrogens (tertiary/aromatic N) is 2. The fourth-order valence-corrected chi connectivity index (χ4v) is 9.28. The molecular weight excluding hydrogens is 886 g/mol. The van der Waals surface area contributed by atoms with Crippen molar-refractivity contribution in [3.8, 4) is 11.8 Å². The quantitative estimate of drug-likeness (QED) is 0.0463. The lowest BCUT2D eigenvalue weighted by Crippen LogP contribution is -2.09. The first kappa shape index (κ1) is 42.7. The molecule has 0 aromatic heterocycles. The number of nitro groups is 2. The highest BCUT2D eigenvalue weighted by atomic mass is 127. The maximum absolute atomic E-state index is 13.1. The number of benzene rings is 5. The summed E-state index contributed by atoms with van der Waals surface area (Å²) < 4.78 is 74.0. The number of hydrogen-bond acceptors (Lipinski definition) is 12. The van der Waals surface area contributed by atoms with Crippen LogP contribution in [0.3, 0.4) is 0 Å². The maximum Gasteiger partial charge on any atom is 0.337 e. The molecule has 18 heteroatoms. The minimum atomic E-state index is -3.92. The molecule has 5 rings (SSSR count). The number of hydrogen-bond donors (Lipinski definition) is 0. The van der Waals surface area contributed by atoms with Gasteiger partial charge < -0.3 is 9.47 Å². The van der Waals surface area contributed by atoms with E-state index in [1.165, 1.54) is 123 Å². The Balaban J connectivity index is 0.000000259. The van der Waals surface area contributed by atoms with Crippen molar-refractivity contribution in [3.05, 3.63) is 172 Å². The van der Waals surface area contributed by atoms with Crippen molar-refractivity contribution in [2.24, 2.45) is 0 Å². The number of carbonyl (C=O) groups is 2. The highest BCUT2D eigenvalue weighted by Crippen LogP contribution is 2.26. The van der Waals surface area contributed by atoms with Crippen LogP contribution in [0.15, 0.2) is 119 Å². The third-order valence-electron chi connectivity index (χ3n) is 7.62. The molecule has 0 aliphatic carbocycles. The second kappa shape index (κ2) is 18.5. The average Bonchev–Trinajstić information content (AvgIpc) is 3.17. The van der Waals surface area contributed by atoms with Gasteiger partial charge in [0.2, 0.25) is 0 Å². The van der Waals surface area contributed by atoms with Crippen LogP contribution in [0.1, 0.15) is 43.0 Å². The van der Waals surface area contributed by atoms with Crippen molar-refractivity contribution in [3.63, 3.8) is 0 Å².